The standard InChI is InChI=1S/C42H36Cl2N4O7S/c1-19-26-16-22(44)8-13-32(26)56-37(19)29-18-33(46(3)45-29)48-39(51)28-17-27-24(11-12-25-34(27)40(52)47(38(25)50)23-9-6-21(43)7-10-23)35(42(28,2)41(48)53)20-14-30(54-4)36(49)31(15-20)55-5/h6-11,13-16,18,25,27-28,34-35,49H,12,17H2,1-5H3. The predicted molar refractivity (Wildman–Crippen MR) is 214 cm³/mol. The monoisotopic (exact) mass is 810 g/mol. The summed E-state index contributed by atoms with van der Waals surface area (Å²) in [5, 5.41) is 17.8. The third-order valence-corrected chi connectivity index (χ3v) is 14.2. The van der Waals surface area contributed by atoms with Crippen LogP contribution >= 0.6 is 34.5 Å². The molecule has 1 saturated carbocycles. The van der Waals surface area contributed by atoms with Gasteiger partial charge in [-0.05, 0) is 104 Å². The average Bonchev–Trinajstić information content (AvgIpc) is 3.85. The summed E-state index contributed by atoms with van der Waals surface area (Å²) in [4.78, 5) is 62.0. The van der Waals surface area contributed by atoms with Crippen LogP contribution in [0.1, 0.15) is 36.8 Å². The number of nitrogens with zero attached hydrogens (tertiary/aromatic N) is 4. The molecule has 5 aromatic rings. The summed E-state index contributed by atoms with van der Waals surface area (Å²) in [6, 6.07) is 17.4. The number of aromatic nitrogens is 2. The zero-order valence-corrected chi connectivity index (χ0v) is 33.3. The normalized spacial score (nSPS) is 25.8. The number of aryl methyl sites for hydroxylation is 2. The van der Waals surface area contributed by atoms with Crippen LogP contribution in [0, 0.1) is 36.0 Å². The number of imide groups is 2. The maximum absolute atomic E-state index is 15.2. The van der Waals surface area contributed by atoms with E-state index < -0.39 is 46.8 Å². The zero-order valence-electron chi connectivity index (χ0n) is 31.0. The van der Waals surface area contributed by atoms with Crippen molar-refractivity contribution < 1.29 is 33.8 Å². The molecule has 4 aliphatic rings. The summed E-state index contributed by atoms with van der Waals surface area (Å²) < 4.78 is 13.7. The summed E-state index contributed by atoms with van der Waals surface area (Å²) in [7, 11) is 4.55. The number of ether oxygens (including phenoxy) is 2. The number of amides is 4. The number of phenols is 1. The number of allylic oxidation sites excluding steroid dienone is 2. The summed E-state index contributed by atoms with van der Waals surface area (Å²) in [5.74, 6) is -4.76. The Hall–Kier alpha value is -5.17. The second kappa shape index (κ2) is 12.9. The van der Waals surface area contributed by atoms with Gasteiger partial charge in [0.15, 0.2) is 11.5 Å². The first kappa shape index (κ1) is 36.5. The molecular weight excluding hydrogens is 775 g/mol. The minimum Gasteiger partial charge on any atom is -0.502 e. The van der Waals surface area contributed by atoms with Crippen molar-refractivity contribution in [2.24, 2.45) is 36.1 Å². The largest absolute Gasteiger partial charge is 0.502 e. The molecular formula is C42H36Cl2N4O7S. The number of rotatable bonds is 6. The van der Waals surface area contributed by atoms with E-state index in [-0.39, 0.29) is 41.9 Å². The number of thiophene rings is 1. The molecule has 0 radical (unpaired) electrons. The molecule has 11 nitrogen and oxygen atoms in total. The van der Waals surface area contributed by atoms with Gasteiger partial charge in [0.1, 0.15) is 11.5 Å². The fourth-order valence-electron chi connectivity index (χ4n) is 9.75. The van der Waals surface area contributed by atoms with Crippen molar-refractivity contribution in [3.05, 3.63) is 93.5 Å². The molecule has 0 spiro atoms. The number of carbonyl (C=O) groups excluding carboxylic acids is 4. The lowest BCUT2D eigenvalue weighted by Crippen LogP contribution is -2.49. The predicted octanol–water partition coefficient (Wildman–Crippen LogP) is 8.08. The highest BCUT2D eigenvalue weighted by Crippen LogP contribution is 2.64. The van der Waals surface area contributed by atoms with Gasteiger partial charge in [-0.2, -0.15) is 5.10 Å². The smallest absolute Gasteiger partial charge is 0.242 e. The van der Waals surface area contributed by atoms with E-state index >= 15 is 4.79 Å². The molecule has 286 valence electrons. The van der Waals surface area contributed by atoms with Gasteiger partial charge in [-0.15, -0.1) is 11.3 Å². The van der Waals surface area contributed by atoms with E-state index in [0.717, 1.165) is 26.1 Å². The molecule has 3 fully saturated rings. The number of hydrogen-bond acceptors (Lipinski definition) is 9. The third kappa shape index (κ3) is 5.04. The molecule has 4 amide bonds. The van der Waals surface area contributed by atoms with Crippen molar-refractivity contribution in [3.63, 3.8) is 0 Å². The van der Waals surface area contributed by atoms with Crippen LogP contribution in [-0.2, 0) is 26.2 Å². The van der Waals surface area contributed by atoms with E-state index in [1.54, 1.807) is 72.5 Å². The highest BCUT2D eigenvalue weighted by Gasteiger charge is 2.68. The number of aromatic hydroxyl groups is 1. The highest BCUT2D eigenvalue weighted by molar-refractivity contribution is 7.22. The van der Waals surface area contributed by atoms with Crippen molar-refractivity contribution in [1.82, 2.24) is 9.78 Å². The van der Waals surface area contributed by atoms with Crippen molar-refractivity contribution in [2.75, 3.05) is 24.0 Å². The van der Waals surface area contributed by atoms with Crippen molar-refractivity contribution >= 4 is 79.8 Å². The molecule has 6 atom stereocenters. The van der Waals surface area contributed by atoms with E-state index in [0.29, 0.717) is 32.8 Å². The lowest BCUT2D eigenvalue weighted by molar-refractivity contribution is -0.131. The van der Waals surface area contributed by atoms with Gasteiger partial charge in [-0.25, -0.2) is 4.90 Å². The third-order valence-electron chi connectivity index (χ3n) is 12.4. The summed E-state index contributed by atoms with van der Waals surface area (Å²) >= 11 is 14.0. The molecule has 2 aliphatic carbocycles. The van der Waals surface area contributed by atoms with Gasteiger partial charge < -0.3 is 14.6 Å². The highest BCUT2D eigenvalue weighted by atomic mass is 35.5. The molecule has 9 rings (SSSR count). The number of halogens is 2. The van der Waals surface area contributed by atoms with Crippen LogP contribution in [0.15, 0.2) is 72.3 Å². The quantitative estimate of drug-likeness (QED) is 0.135. The lowest BCUT2D eigenvalue weighted by Gasteiger charge is -2.49. The Balaban J connectivity index is 1.18. The Bertz CT molecular complexity index is 2560. The summed E-state index contributed by atoms with van der Waals surface area (Å²) in [6.07, 6.45) is 2.41. The van der Waals surface area contributed by atoms with Crippen molar-refractivity contribution in [3.8, 4) is 27.8 Å². The fourth-order valence-corrected chi connectivity index (χ4v) is 11.2. The topological polar surface area (TPSA) is 131 Å². The van der Waals surface area contributed by atoms with Gasteiger partial charge in [0.2, 0.25) is 29.4 Å². The van der Waals surface area contributed by atoms with Crippen molar-refractivity contribution in [1.29, 1.82) is 0 Å². The maximum atomic E-state index is 15.2. The van der Waals surface area contributed by atoms with Gasteiger partial charge in [0.25, 0.3) is 0 Å². The van der Waals surface area contributed by atoms with Crippen LogP contribution in [0.4, 0.5) is 11.5 Å². The van der Waals surface area contributed by atoms with Crippen LogP contribution in [0.3, 0.4) is 0 Å². The van der Waals surface area contributed by atoms with E-state index in [4.69, 9.17) is 37.8 Å². The molecule has 0 bridgehead atoms. The van der Waals surface area contributed by atoms with Gasteiger partial charge in [0, 0.05) is 33.8 Å². The molecule has 14 heteroatoms. The second-order valence-electron chi connectivity index (χ2n) is 15.1. The Morgan fingerprint density at radius 1 is 0.875 bits per heavy atom. The first-order chi connectivity index (χ1) is 26.8. The molecule has 2 saturated heterocycles. The van der Waals surface area contributed by atoms with Gasteiger partial charge in [-0.3, -0.25) is 28.8 Å². The Kier molecular flexibility index (Phi) is 8.43. The van der Waals surface area contributed by atoms with Gasteiger partial charge >= 0.3 is 0 Å². The molecule has 2 aromatic heterocycles. The average molecular weight is 812 g/mol. The van der Waals surface area contributed by atoms with Crippen molar-refractivity contribution in [2.45, 2.75) is 32.6 Å². The van der Waals surface area contributed by atoms with Crippen LogP contribution < -0.4 is 19.3 Å². The summed E-state index contributed by atoms with van der Waals surface area (Å²) in [6.45, 7) is 3.80. The van der Waals surface area contributed by atoms with E-state index in [2.05, 4.69) is 0 Å². The van der Waals surface area contributed by atoms with Crippen LogP contribution in [0.25, 0.3) is 20.7 Å². The molecule has 1 N–H and O–H groups in total. The zero-order chi connectivity index (χ0) is 39.5. The lowest BCUT2D eigenvalue weighted by atomic mass is 9.51. The Labute approximate surface area is 336 Å². The molecule has 56 heavy (non-hydrogen) atoms. The molecule has 3 aromatic carbocycles. The number of carbonyl (C=O) groups is 4. The van der Waals surface area contributed by atoms with E-state index in [1.807, 2.05) is 31.2 Å². The minimum atomic E-state index is -1.35. The Morgan fingerprint density at radius 2 is 1.55 bits per heavy atom. The number of phenolic OH excluding ortho intramolecular Hbond substituents is 1. The Morgan fingerprint density at radius 3 is 2.23 bits per heavy atom. The number of hydrogen-bond donors (Lipinski definition) is 1. The second-order valence-corrected chi connectivity index (χ2v) is 17.1. The number of methoxy groups -OCH3 is 2. The summed E-state index contributed by atoms with van der Waals surface area (Å²) in [5.41, 5.74) is 2.02. The number of benzene rings is 3. The first-order valence-corrected chi connectivity index (χ1v) is 19.7. The van der Waals surface area contributed by atoms with Crippen LogP contribution in [0.2, 0.25) is 10.0 Å². The molecule has 4 heterocycles. The first-order valence-electron chi connectivity index (χ1n) is 18.2. The number of fused-ring (bicyclic) bond motifs is 5. The van der Waals surface area contributed by atoms with Gasteiger partial charge in [0.05, 0.1) is 48.0 Å². The van der Waals surface area contributed by atoms with Gasteiger partial charge in [-0.1, -0.05) is 34.9 Å². The molecule has 6 unspecified atom stereocenters. The minimum absolute atomic E-state index is 0.127. The number of anilines is 2. The SMILES string of the molecule is COc1cc(C2C3=CCC4C(=O)N(c5ccc(Cl)cc5)C(=O)C4C3CC3C(=O)N(c4cc(-c5sc6ccc(Cl)cc6c5C)nn4C)C(=O)C32C)cc(OC)c1O. The van der Waals surface area contributed by atoms with E-state index in [9.17, 15) is 19.5 Å². The maximum Gasteiger partial charge on any atom is 0.242 e. The fraction of sp³-hybridized carbons (Fsp3) is 0.310. The molecule has 2 aliphatic heterocycles. The van der Waals surface area contributed by atoms with Crippen LogP contribution in [0.5, 0.6) is 17.2 Å². The van der Waals surface area contributed by atoms with Crippen LogP contribution in [-0.4, -0.2) is 52.7 Å². The van der Waals surface area contributed by atoms with E-state index in [1.165, 1.54) is 24.0 Å².